The van der Waals surface area contributed by atoms with Gasteiger partial charge in [0.25, 0.3) is 0 Å². The number of ether oxygens (including phenoxy) is 2. The minimum Gasteiger partial charge on any atom is -0.354 e. The van der Waals surface area contributed by atoms with Crippen molar-refractivity contribution in [2.75, 3.05) is 14.2 Å². The van der Waals surface area contributed by atoms with Gasteiger partial charge in [0, 0.05) is 29.5 Å². The zero-order valence-corrected chi connectivity index (χ0v) is 14.7. The second-order valence-corrected chi connectivity index (χ2v) is 6.33. The van der Waals surface area contributed by atoms with E-state index in [-0.39, 0.29) is 6.29 Å². The number of nitrogens with zero attached hydrogens (tertiary/aromatic N) is 4. The van der Waals surface area contributed by atoms with Crippen LogP contribution in [0.2, 0.25) is 5.02 Å². The molecule has 2 aromatic rings. The van der Waals surface area contributed by atoms with Crippen LogP contribution in [0.5, 0.6) is 0 Å². The van der Waals surface area contributed by atoms with Crippen molar-refractivity contribution in [2.24, 2.45) is 0 Å². The topological polar surface area (TPSA) is 62.1 Å². The van der Waals surface area contributed by atoms with Crippen molar-refractivity contribution in [3.63, 3.8) is 0 Å². The molecule has 114 valence electrons. The summed E-state index contributed by atoms with van der Waals surface area (Å²) in [6, 6.07) is 5.80. The standard InChI is InChI=1S/C12H14BrClN4O2S/c1-19-11(20-2)6-18-12(15-16-17-18)21-7-8-3-4-9(13)5-10(8)14/h3-5,11H,6-7H2,1-2H3. The van der Waals surface area contributed by atoms with E-state index in [1.165, 1.54) is 11.8 Å². The number of hydrogen-bond acceptors (Lipinski definition) is 6. The van der Waals surface area contributed by atoms with Gasteiger partial charge in [-0.25, -0.2) is 4.68 Å². The van der Waals surface area contributed by atoms with Crippen molar-refractivity contribution < 1.29 is 9.47 Å². The van der Waals surface area contributed by atoms with E-state index in [0.29, 0.717) is 22.5 Å². The Labute approximate surface area is 140 Å². The summed E-state index contributed by atoms with van der Waals surface area (Å²) in [7, 11) is 3.15. The molecule has 2 rings (SSSR count). The van der Waals surface area contributed by atoms with Crippen LogP contribution < -0.4 is 0 Å². The number of thioether (sulfide) groups is 1. The summed E-state index contributed by atoms with van der Waals surface area (Å²) >= 11 is 11.1. The summed E-state index contributed by atoms with van der Waals surface area (Å²) in [5.74, 6) is 0.678. The van der Waals surface area contributed by atoms with Gasteiger partial charge >= 0.3 is 0 Å². The number of methoxy groups -OCH3 is 2. The van der Waals surface area contributed by atoms with Gasteiger partial charge in [0.2, 0.25) is 5.16 Å². The molecule has 0 fully saturated rings. The lowest BCUT2D eigenvalue weighted by molar-refractivity contribution is -0.113. The second kappa shape index (κ2) is 8.09. The minimum absolute atomic E-state index is 0.385. The third-order valence-electron chi connectivity index (χ3n) is 2.72. The van der Waals surface area contributed by atoms with E-state index >= 15 is 0 Å². The first-order chi connectivity index (χ1) is 10.1. The molecule has 0 amide bonds. The van der Waals surface area contributed by atoms with Gasteiger partial charge in [-0.2, -0.15) is 0 Å². The molecule has 0 saturated heterocycles. The number of halogens is 2. The SMILES string of the molecule is COC(Cn1nnnc1SCc1ccc(Br)cc1Cl)OC. The molecular weight excluding hydrogens is 380 g/mol. The first kappa shape index (κ1) is 16.7. The van der Waals surface area contributed by atoms with E-state index in [0.717, 1.165) is 10.0 Å². The highest BCUT2D eigenvalue weighted by molar-refractivity contribution is 9.10. The Balaban J connectivity index is 2.02. The molecule has 0 N–H and O–H groups in total. The third kappa shape index (κ3) is 4.65. The molecule has 1 aromatic heterocycles. The summed E-state index contributed by atoms with van der Waals surface area (Å²) in [4.78, 5) is 0. The molecule has 1 aromatic carbocycles. The van der Waals surface area contributed by atoms with Gasteiger partial charge in [0.1, 0.15) is 0 Å². The first-order valence-corrected chi connectivity index (χ1v) is 8.18. The molecule has 0 bridgehead atoms. The lowest BCUT2D eigenvalue weighted by atomic mass is 10.2. The average molecular weight is 394 g/mol. The van der Waals surface area contributed by atoms with E-state index in [9.17, 15) is 0 Å². The average Bonchev–Trinajstić information content (AvgIpc) is 2.91. The molecule has 0 unspecified atom stereocenters. The van der Waals surface area contributed by atoms with Crippen molar-refractivity contribution >= 4 is 39.3 Å². The van der Waals surface area contributed by atoms with Crippen molar-refractivity contribution in [3.05, 3.63) is 33.3 Å². The van der Waals surface area contributed by atoms with Crippen LogP contribution in [0.15, 0.2) is 27.8 Å². The highest BCUT2D eigenvalue weighted by Gasteiger charge is 2.13. The molecule has 0 aliphatic heterocycles. The Morgan fingerprint density at radius 3 is 2.81 bits per heavy atom. The Morgan fingerprint density at radius 1 is 1.38 bits per heavy atom. The molecular formula is C12H14BrClN4O2S. The van der Waals surface area contributed by atoms with Gasteiger partial charge in [-0.15, -0.1) is 5.10 Å². The van der Waals surface area contributed by atoms with Crippen LogP contribution in [-0.4, -0.2) is 40.7 Å². The highest BCUT2D eigenvalue weighted by atomic mass is 79.9. The Hall–Kier alpha value is -0.670. The predicted octanol–water partition coefficient (Wildman–Crippen LogP) is 3.00. The van der Waals surface area contributed by atoms with Gasteiger partial charge in [-0.3, -0.25) is 0 Å². The van der Waals surface area contributed by atoms with Crippen LogP contribution in [0.25, 0.3) is 0 Å². The molecule has 0 atom stereocenters. The quantitative estimate of drug-likeness (QED) is 0.532. The normalized spacial score (nSPS) is 11.3. The van der Waals surface area contributed by atoms with E-state index in [1.54, 1.807) is 18.9 Å². The van der Waals surface area contributed by atoms with Crippen molar-refractivity contribution in [1.82, 2.24) is 20.2 Å². The predicted molar refractivity (Wildman–Crippen MR) is 84.3 cm³/mol. The summed E-state index contributed by atoms with van der Waals surface area (Å²) < 4.78 is 12.9. The van der Waals surface area contributed by atoms with Crippen LogP contribution in [-0.2, 0) is 21.8 Å². The maximum Gasteiger partial charge on any atom is 0.209 e. The van der Waals surface area contributed by atoms with Crippen LogP contribution in [0.4, 0.5) is 0 Å². The molecule has 0 radical (unpaired) electrons. The van der Waals surface area contributed by atoms with Gasteiger partial charge in [-0.05, 0) is 28.1 Å². The monoisotopic (exact) mass is 392 g/mol. The van der Waals surface area contributed by atoms with Gasteiger partial charge in [0.15, 0.2) is 6.29 Å². The number of benzene rings is 1. The Kier molecular flexibility index (Phi) is 6.43. The Morgan fingerprint density at radius 2 is 2.14 bits per heavy atom. The summed E-state index contributed by atoms with van der Waals surface area (Å²) in [5.41, 5.74) is 1.02. The zero-order valence-electron chi connectivity index (χ0n) is 11.5. The number of aromatic nitrogens is 4. The maximum atomic E-state index is 6.20. The molecule has 6 nitrogen and oxygen atoms in total. The molecule has 0 aliphatic rings. The zero-order chi connectivity index (χ0) is 15.2. The van der Waals surface area contributed by atoms with E-state index in [4.69, 9.17) is 21.1 Å². The summed E-state index contributed by atoms with van der Waals surface area (Å²) in [5, 5.41) is 13.0. The van der Waals surface area contributed by atoms with Crippen molar-refractivity contribution in [2.45, 2.75) is 23.7 Å². The van der Waals surface area contributed by atoms with Crippen molar-refractivity contribution in [1.29, 1.82) is 0 Å². The fraction of sp³-hybridized carbons (Fsp3) is 0.417. The van der Waals surface area contributed by atoms with E-state index < -0.39 is 0 Å². The number of tetrazole rings is 1. The summed E-state index contributed by atoms with van der Waals surface area (Å²) in [6.07, 6.45) is -0.385. The largest absolute Gasteiger partial charge is 0.354 e. The fourth-order valence-corrected chi connectivity index (χ4v) is 3.29. The lowest BCUT2D eigenvalue weighted by Gasteiger charge is -2.13. The number of hydrogen-bond donors (Lipinski definition) is 0. The molecule has 9 heteroatoms. The minimum atomic E-state index is -0.385. The van der Waals surface area contributed by atoms with Crippen LogP contribution >= 0.6 is 39.3 Å². The maximum absolute atomic E-state index is 6.20. The Bertz CT molecular complexity index is 594. The second-order valence-electron chi connectivity index (χ2n) is 4.07. The summed E-state index contributed by atoms with van der Waals surface area (Å²) in [6.45, 7) is 0.427. The van der Waals surface area contributed by atoms with E-state index in [2.05, 4.69) is 31.5 Å². The highest BCUT2D eigenvalue weighted by Crippen LogP contribution is 2.27. The molecule has 0 aliphatic carbocycles. The van der Waals surface area contributed by atoms with Gasteiger partial charge < -0.3 is 9.47 Å². The van der Waals surface area contributed by atoms with Crippen LogP contribution in [0, 0.1) is 0 Å². The molecule has 21 heavy (non-hydrogen) atoms. The third-order valence-corrected chi connectivity index (χ3v) is 4.57. The molecule has 0 spiro atoms. The van der Waals surface area contributed by atoms with E-state index in [1.807, 2.05) is 18.2 Å². The molecule has 0 saturated carbocycles. The first-order valence-electron chi connectivity index (χ1n) is 6.02. The lowest BCUT2D eigenvalue weighted by Crippen LogP contribution is -2.21. The smallest absolute Gasteiger partial charge is 0.209 e. The van der Waals surface area contributed by atoms with Gasteiger partial charge in [0.05, 0.1) is 6.54 Å². The van der Waals surface area contributed by atoms with Gasteiger partial charge in [-0.1, -0.05) is 45.4 Å². The molecule has 1 heterocycles. The van der Waals surface area contributed by atoms with Crippen LogP contribution in [0.1, 0.15) is 5.56 Å². The number of rotatable bonds is 7. The fourth-order valence-electron chi connectivity index (χ4n) is 1.58. The van der Waals surface area contributed by atoms with Crippen molar-refractivity contribution in [3.8, 4) is 0 Å². The van der Waals surface area contributed by atoms with Crippen LogP contribution in [0.3, 0.4) is 0 Å².